The molecule has 1 aromatic carbocycles. The van der Waals surface area contributed by atoms with E-state index in [-0.39, 0.29) is 5.91 Å². The second-order valence-electron chi connectivity index (χ2n) is 6.25. The zero-order valence-corrected chi connectivity index (χ0v) is 13.4. The molecule has 116 valence electrons. The second-order valence-corrected chi connectivity index (χ2v) is 6.25. The Morgan fingerprint density at radius 2 is 1.86 bits per heavy atom. The maximum absolute atomic E-state index is 12.4. The van der Waals surface area contributed by atoms with Gasteiger partial charge in [0.05, 0.1) is 6.54 Å². The third-order valence-electron chi connectivity index (χ3n) is 4.32. The minimum absolute atomic E-state index is 0.117. The van der Waals surface area contributed by atoms with Crippen LogP contribution in [0, 0.1) is 5.92 Å². The van der Waals surface area contributed by atoms with Crippen molar-refractivity contribution >= 4 is 17.3 Å². The fourth-order valence-corrected chi connectivity index (χ4v) is 2.99. The van der Waals surface area contributed by atoms with Crippen LogP contribution in [0.1, 0.15) is 6.92 Å². The third kappa shape index (κ3) is 3.74. The lowest BCUT2D eigenvalue weighted by Crippen LogP contribution is -2.39. The van der Waals surface area contributed by atoms with Crippen LogP contribution in [0.3, 0.4) is 0 Å². The molecule has 1 saturated heterocycles. The molecular formula is C16H26N4O. The van der Waals surface area contributed by atoms with Crippen molar-refractivity contribution in [3.8, 4) is 0 Å². The first kappa shape index (κ1) is 15.8. The van der Waals surface area contributed by atoms with Gasteiger partial charge in [-0.25, -0.2) is 0 Å². The highest BCUT2D eigenvalue weighted by molar-refractivity contribution is 5.94. The number of likely N-dealkylation sites (N-methyl/N-ethyl adjacent to an activating group) is 2. The van der Waals surface area contributed by atoms with E-state index in [0.29, 0.717) is 24.2 Å². The van der Waals surface area contributed by atoms with E-state index in [2.05, 4.69) is 30.8 Å². The summed E-state index contributed by atoms with van der Waals surface area (Å²) in [4.78, 5) is 18.6. The van der Waals surface area contributed by atoms with Crippen molar-refractivity contribution in [1.29, 1.82) is 0 Å². The molecule has 1 amide bonds. The smallest absolute Gasteiger partial charge is 0.240 e. The van der Waals surface area contributed by atoms with Gasteiger partial charge in [0.15, 0.2) is 0 Å². The van der Waals surface area contributed by atoms with E-state index in [1.54, 1.807) is 4.90 Å². The van der Waals surface area contributed by atoms with Gasteiger partial charge in [0, 0.05) is 37.6 Å². The quantitative estimate of drug-likeness (QED) is 0.844. The number of hydrogen-bond acceptors (Lipinski definition) is 4. The third-order valence-corrected chi connectivity index (χ3v) is 4.32. The highest BCUT2D eigenvalue weighted by atomic mass is 16.2. The highest BCUT2D eigenvalue weighted by Gasteiger charge is 2.32. The molecule has 5 heteroatoms. The zero-order valence-electron chi connectivity index (χ0n) is 13.4. The highest BCUT2D eigenvalue weighted by Crippen LogP contribution is 2.21. The summed E-state index contributed by atoms with van der Waals surface area (Å²) >= 11 is 0. The fraction of sp³-hybridized carbons (Fsp3) is 0.562. The molecule has 0 bridgehead atoms. The van der Waals surface area contributed by atoms with Crippen molar-refractivity contribution in [3.63, 3.8) is 0 Å². The summed E-state index contributed by atoms with van der Waals surface area (Å²) in [5.74, 6) is 0.709. The maximum atomic E-state index is 12.4. The molecule has 0 spiro atoms. The van der Waals surface area contributed by atoms with Crippen molar-refractivity contribution in [1.82, 2.24) is 9.80 Å². The number of hydrogen-bond donors (Lipinski definition) is 1. The summed E-state index contributed by atoms with van der Waals surface area (Å²) in [5.41, 5.74) is 7.27. The molecule has 0 saturated carbocycles. The zero-order chi connectivity index (χ0) is 15.6. The van der Waals surface area contributed by atoms with Crippen LogP contribution in [0.15, 0.2) is 24.3 Å². The Bertz CT molecular complexity index is 486. The second kappa shape index (κ2) is 6.45. The lowest BCUT2D eigenvalue weighted by atomic mass is 10.1. The molecule has 1 aliphatic rings. The standard InChI is InChI=1S/C16H26N4O/c1-12-9-20(10-15(12)18(2)3)11-16(21)19(4)14-7-5-13(17)6-8-14/h5-8,12,15H,9-11,17H2,1-4H3. The number of carbonyl (C=O) groups is 1. The summed E-state index contributed by atoms with van der Waals surface area (Å²) in [6.07, 6.45) is 0. The maximum Gasteiger partial charge on any atom is 0.240 e. The number of nitrogen functional groups attached to an aromatic ring is 1. The van der Waals surface area contributed by atoms with Crippen LogP contribution in [0.25, 0.3) is 0 Å². The Balaban J connectivity index is 1.94. The first-order chi connectivity index (χ1) is 9.88. The molecule has 1 heterocycles. The number of anilines is 2. The number of benzene rings is 1. The summed E-state index contributed by atoms with van der Waals surface area (Å²) in [6, 6.07) is 7.92. The minimum atomic E-state index is 0.117. The molecular weight excluding hydrogens is 264 g/mol. The number of nitrogens with zero attached hydrogens (tertiary/aromatic N) is 3. The number of carbonyl (C=O) groups excluding carboxylic acids is 1. The monoisotopic (exact) mass is 290 g/mol. The predicted octanol–water partition coefficient (Wildman–Crippen LogP) is 1.11. The molecule has 21 heavy (non-hydrogen) atoms. The topological polar surface area (TPSA) is 52.8 Å². The van der Waals surface area contributed by atoms with E-state index < -0.39 is 0 Å². The van der Waals surface area contributed by atoms with Crippen molar-refractivity contribution in [2.75, 3.05) is 51.4 Å². The Morgan fingerprint density at radius 1 is 1.24 bits per heavy atom. The molecule has 2 N–H and O–H groups in total. The van der Waals surface area contributed by atoms with Crippen LogP contribution in [-0.2, 0) is 4.79 Å². The van der Waals surface area contributed by atoms with Gasteiger partial charge in [-0.1, -0.05) is 6.92 Å². The molecule has 0 aromatic heterocycles. The summed E-state index contributed by atoms with van der Waals surface area (Å²) in [5, 5.41) is 0. The van der Waals surface area contributed by atoms with Crippen molar-refractivity contribution in [3.05, 3.63) is 24.3 Å². The molecule has 2 unspecified atom stereocenters. The molecule has 5 nitrogen and oxygen atoms in total. The first-order valence-corrected chi connectivity index (χ1v) is 7.39. The van der Waals surface area contributed by atoms with Gasteiger partial charge in [-0.2, -0.15) is 0 Å². The SMILES string of the molecule is CC1CN(CC(=O)N(C)c2ccc(N)cc2)CC1N(C)C. The van der Waals surface area contributed by atoms with Crippen molar-refractivity contribution in [2.45, 2.75) is 13.0 Å². The Labute approximate surface area is 127 Å². The minimum Gasteiger partial charge on any atom is -0.399 e. The first-order valence-electron chi connectivity index (χ1n) is 7.39. The molecule has 1 aromatic rings. The van der Waals surface area contributed by atoms with Crippen LogP contribution in [-0.4, -0.2) is 62.5 Å². The van der Waals surface area contributed by atoms with E-state index in [1.807, 2.05) is 31.3 Å². The predicted molar refractivity (Wildman–Crippen MR) is 87.3 cm³/mol. The Morgan fingerprint density at radius 3 is 2.38 bits per heavy atom. The van der Waals surface area contributed by atoms with Crippen molar-refractivity contribution < 1.29 is 4.79 Å². The molecule has 1 aliphatic heterocycles. The van der Waals surface area contributed by atoms with E-state index in [4.69, 9.17) is 5.73 Å². The van der Waals surface area contributed by atoms with Gasteiger partial charge in [0.25, 0.3) is 0 Å². The fourth-order valence-electron chi connectivity index (χ4n) is 2.99. The van der Waals surface area contributed by atoms with Gasteiger partial charge in [-0.15, -0.1) is 0 Å². The van der Waals surface area contributed by atoms with E-state index >= 15 is 0 Å². The molecule has 0 radical (unpaired) electrons. The molecule has 0 aliphatic carbocycles. The average Bonchev–Trinajstić information content (AvgIpc) is 2.79. The largest absolute Gasteiger partial charge is 0.399 e. The lowest BCUT2D eigenvalue weighted by Gasteiger charge is -2.23. The van der Waals surface area contributed by atoms with Gasteiger partial charge in [0.1, 0.15) is 0 Å². The van der Waals surface area contributed by atoms with E-state index in [0.717, 1.165) is 18.8 Å². The number of amides is 1. The van der Waals surface area contributed by atoms with Crippen LogP contribution >= 0.6 is 0 Å². The van der Waals surface area contributed by atoms with Crippen LogP contribution < -0.4 is 10.6 Å². The van der Waals surface area contributed by atoms with E-state index in [9.17, 15) is 4.79 Å². The number of nitrogens with two attached hydrogens (primary N) is 1. The normalized spacial score (nSPS) is 22.7. The number of rotatable bonds is 4. The van der Waals surface area contributed by atoms with Crippen LogP contribution in [0.2, 0.25) is 0 Å². The molecule has 2 atom stereocenters. The lowest BCUT2D eigenvalue weighted by molar-refractivity contribution is -0.119. The average molecular weight is 290 g/mol. The van der Waals surface area contributed by atoms with Crippen LogP contribution in [0.5, 0.6) is 0 Å². The molecule has 2 rings (SSSR count). The summed E-state index contributed by atoms with van der Waals surface area (Å²) < 4.78 is 0. The Hall–Kier alpha value is -1.59. The van der Waals surface area contributed by atoms with Gasteiger partial charge < -0.3 is 15.5 Å². The van der Waals surface area contributed by atoms with E-state index in [1.165, 1.54) is 0 Å². The van der Waals surface area contributed by atoms with Gasteiger partial charge >= 0.3 is 0 Å². The summed E-state index contributed by atoms with van der Waals surface area (Å²) in [6.45, 7) is 4.65. The van der Waals surface area contributed by atoms with Gasteiger partial charge in [-0.05, 0) is 44.3 Å². The Kier molecular flexibility index (Phi) is 4.85. The van der Waals surface area contributed by atoms with Crippen molar-refractivity contribution in [2.24, 2.45) is 5.92 Å². The van der Waals surface area contributed by atoms with Gasteiger partial charge in [-0.3, -0.25) is 9.69 Å². The molecule has 1 fully saturated rings. The van der Waals surface area contributed by atoms with Crippen LogP contribution in [0.4, 0.5) is 11.4 Å². The van der Waals surface area contributed by atoms with Gasteiger partial charge in [0.2, 0.25) is 5.91 Å². The number of likely N-dealkylation sites (tertiary alicyclic amines) is 1. The summed E-state index contributed by atoms with van der Waals surface area (Å²) in [7, 11) is 6.02.